The number of rotatable bonds is 4. The molecule has 0 aliphatic carbocycles. The highest BCUT2D eigenvalue weighted by Crippen LogP contribution is 2.39. The molecule has 132 valence electrons. The Bertz CT molecular complexity index is 613. The van der Waals surface area contributed by atoms with Gasteiger partial charge in [-0.25, -0.2) is 0 Å². The normalized spacial score (nSPS) is 20.5. The first-order valence-electron chi connectivity index (χ1n) is 7.46. The average molecular weight is 360 g/mol. The smallest absolute Gasteiger partial charge is 0.400 e. The van der Waals surface area contributed by atoms with Gasteiger partial charge in [-0.2, -0.15) is 13.2 Å². The molecule has 0 radical (unpaired) electrons. The highest BCUT2D eigenvalue weighted by atomic mass is 32.2. The molecular weight excluding hydrogens is 340 g/mol. The molecule has 0 saturated carbocycles. The second kappa shape index (κ2) is 6.75. The van der Waals surface area contributed by atoms with Gasteiger partial charge in [-0.1, -0.05) is 18.2 Å². The highest BCUT2D eigenvalue weighted by Gasteiger charge is 2.52. The van der Waals surface area contributed by atoms with Crippen molar-refractivity contribution in [1.29, 1.82) is 0 Å². The van der Waals surface area contributed by atoms with Crippen molar-refractivity contribution >= 4 is 25.0 Å². The number of hydrogen-bond donors (Lipinski definition) is 1. The van der Waals surface area contributed by atoms with E-state index >= 15 is 0 Å². The lowest BCUT2D eigenvalue weighted by Gasteiger charge is -2.32. The van der Waals surface area contributed by atoms with E-state index in [4.69, 9.17) is 9.31 Å². The predicted octanol–water partition coefficient (Wildman–Crippen LogP) is 4.31. The Balaban J connectivity index is 2.24. The number of benzene rings is 1. The molecule has 0 bridgehead atoms. The van der Waals surface area contributed by atoms with Crippen molar-refractivity contribution in [3.8, 4) is 0 Å². The fraction of sp³-hybridized carbons (Fsp3) is 0.500. The predicted molar refractivity (Wildman–Crippen MR) is 89.5 cm³/mol. The van der Waals surface area contributed by atoms with Gasteiger partial charge in [-0.15, -0.1) is 0 Å². The first-order valence-corrected chi connectivity index (χ1v) is 8.28. The van der Waals surface area contributed by atoms with Gasteiger partial charge in [0, 0.05) is 4.90 Å². The molecule has 3 nitrogen and oxygen atoms in total. The number of thioether (sulfide) groups is 1. The van der Waals surface area contributed by atoms with Crippen molar-refractivity contribution in [2.24, 2.45) is 0 Å². The van der Waals surface area contributed by atoms with Crippen LogP contribution in [0.15, 0.2) is 34.6 Å². The summed E-state index contributed by atoms with van der Waals surface area (Å²) in [7, 11) is -0.737. The van der Waals surface area contributed by atoms with E-state index in [-0.39, 0.29) is 23.3 Å². The molecule has 0 atom stereocenters. The fourth-order valence-electron chi connectivity index (χ4n) is 2.20. The van der Waals surface area contributed by atoms with Gasteiger partial charge in [0.05, 0.1) is 17.8 Å². The maximum absolute atomic E-state index is 12.5. The highest BCUT2D eigenvalue weighted by molar-refractivity contribution is 8.00. The Morgan fingerprint density at radius 3 is 2.29 bits per heavy atom. The number of hydrogen-bond acceptors (Lipinski definition) is 4. The molecular formula is C16H20BF3O3S. The van der Waals surface area contributed by atoms with E-state index in [1.54, 1.807) is 18.2 Å². The fourth-order valence-corrected chi connectivity index (χ4v) is 2.81. The molecule has 2 rings (SSSR count). The monoisotopic (exact) mass is 360 g/mol. The molecule has 1 heterocycles. The first-order chi connectivity index (χ1) is 10.9. The maximum atomic E-state index is 12.5. The van der Waals surface area contributed by atoms with Crippen LogP contribution in [-0.4, -0.2) is 35.5 Å². The summed E-state index contributed by atoms with van der Waals surface area (Å²) in [5.41, 5.74) is -4.45. The Labute approximate surface area is 144 Å². The third-order valence-corrected chi connectivity index (χ3v) is 4.90. The van der Waals surface area contributed by atoms with Crippen molar-refractivity contribution in [3.05, 3.63) is 35.3 Å². The van der Waals surface area contributed by atoms with E-state index in [2.05, 4.69) is 0 Å². The van der Waals surface area contributed by atoms with Crippen LogP contribution in [0.25, 0.3) is 6.08 Å². The number of halogens is 3. The van der Waals surface area contributed by atoms with Crippen molar-refractivity contribution in [1.82, 2.24) is 0 Å². The van der Waals surface area contributed by atoms with Crippen LogP contribution in [0.3, 0.4) is 0 Å². The van der Waals surface area contributed by atoms with Gasteiger partial charge in [0.2, 0.25) is 0 Å². The third kappa shape index (κ3) is 4.56. The summed E-state index contributed by atoms with van der Waals surface area (Å²) in [6.45, 7) is 7.25. The van der Waals surface area contributed by atoms with E-state index in [9.17, 15) is 18.3 Å². The molecule has 0 unspecified atom stereocenters. The van der Waals surface area contributed by atoms with Crippen molar-refractivity contribution in [3.63, 3.8) is 0 Å². The van der Waals surface area contributed by atoms with Gasteiger partial charge in [0.15, 0.2) is 0 Å². The third-order valence-electron chi connectivity index (χ3n) is 4.18. The Hall–Kier alpha value is -0.955. The molecule has 1 N–H and O–H groups in total. The topological polar surface area (TPSA) is 38.7 Å². The lowest BCUT2D eigenvalue weighted by Crippen LogP contribution is -2.41. The Morgan fingerprint density at radius 2 is 1.79 bits per heavy atom. The first kappa shape index (κ1) is 19.4. The van der Waals surface area contributed by atoms with Gasteiger partial charge in [-0.3, -0.25) is 0 Å². The summed E-state index contributed by atoms with van der Waals surface area (Å²) >= 11 is -0.173. The lowest BCUT2D eigenvalue weighted by atomic mass is 9.77. The van der Waals surface area contributed by atoms with Crippen LogP contribution in [0.5, 0.6) is 0 Å². The molecule has 1 aromatic carbocycles. The Kier molecular flexibility index (Phi) is 5.44. The largest absolute Gasteiger partial charge is 0.492 e. The quantitative estimate of drug-likeness (QED) is 0.642. The van der Waals surface area contributed by atoms with Gasteiger partial charge >= 0.3 is 12.6 Å². The minimum atomic E-state index is -4.34. The summed E-state index contributed by atoms with van der Waals surface area (Å²) in [6, 6.07) is 6.02. The summed E-state index contributed by atoms with van der Waals surface area (Å²) in [5.74, 6) is 0. The number of alkyl halides is 3. The molecule has 0 amide bonds. The second-order valence-corrected chi connectivity index (χ2v) is 7.72. The van der Waals surface area contributed by atoms with Gasteiger partial charge in [-0.05, 0) is 62.6 Å². The van der Waals surface area contributed by atoms with E-state index in [1.807, 2.05) is 27.7 Å². The number of aliphatic hydroxyl groups is 1. The van der Waals surface area contributed by atoms with Crippen LogP contribution >= 0.6 is 11.8 Å². The zero-order chi connectivity index (χ0) is 18.2. The minimum Gasteiger partial charge on any atom is -0.400 e. The molecule has 24 heavy (non-hydrogen) atoms. The molecule has 1 fully saturated rings. The zero-order valence-electron chi connectivity index (χ0n) is 14.0. The molecule has 1 aliphatic heterocycles. The average Bonchev–Trinajstić information content (AvgIpc) is 2.63. The number of aliphatic hydroxyl groups excluding tert-OH is 1. The van der Waals surface area contributed by atoms with Gasteiger partial charge in [0.1, 0.15) is 0 Å². The van der Waals surface area contributed by atoms with Crippen LogP contribution in [0, 0.1) is 0 Å². The van der Waals surface area contributed by atoms with Crippen molar-refractivity contribution < 1.29 is 27.6 Å². The van der Waals surface area contributed by atoms with Gasteiger partial charge in [0.25, 0.3) is 0 Å². The maximum Gasteiger partial charge on any atom is 0.492 e. The molecule has 8 heteroatoms. The van der Waals surface area contributed by atoms with E-state index in [1.165, 1.54) is 12.1 Å². The lowest BCUT2D eigenvalue weighted by molar-refractivity contribution is -0.0328. The Morgan fingerprint density at radius 1 is 1.21 bits per heavy atom. The molecule has 1 aliphatic rings. The summed E-state index contributed by atoms with van der Waals surface area (Å²) in [4.78, 5) is 0.0856. The van der Waals surface area contributed by atoms with Crippen LogP contribution < -0.4 is 0 Å². The van der Waals surface area contributed by atoms with E-state index in [0.29, 0.717) is 11.0 Å². The van der Waals surface area contributed by atoms with E-state index in [0.717, 1.165) is 0 Å². The molecule has 1 saturated heterocycles. The van der Waals surface area contributed by atoms with Gasteiger partial charge < -0.3 is 14.4 Å². The summed E-state index contributed by atoms with van der Waals surface area (Å²) in [5, 5.41) is 9.63. The molecule has 0 aromatic heterocycles. The molecule has 0 spiro atoms. The summed E-state index contributed by atoms with van der Waals surface area (Å²) in [6.07, 6.45) is 1.60. The van der Waals surface area contributed by atoms with E-state index < -0.39 is 23.8 Å². The van der Waals surface area contributed by atoms with Crippen LogP contribution in [-0.2, 0) is 9.31 Å². The summed E-state index contributed by atoms with van der Waals surface area (Å²) < 4.78 is 49.2. The zero-order valence-corrected chi connectivity index (χ0v) is 14.8. The van der Waals surface area contributed by atoms with Crippen molar-refractivity contribution in [2.75, 3.05) is 6.61 Å². The van der Waals surface area contributed by atoms with Crippen LogP contribution in [0.1, 0.15) is 33.3 Å². The molecule has 1 aromatic rings. The van der Waals surface area contributed by atoms with Crippen LogP contribution in [0.2, 0.25) is 0 Å². The van der Waals surface area contributed by atoms with Crippen molar-refractivity contribution in [2.45, 2.75) is 49.3 Å². The minimum absolute atomic E-state index is 0.0856. The van der Waals surface area contributed by atoms with Crippen LogP contribution in [0.4, 0.5) is 13.2 Å². The standard InChI is InChI=1S/C16H20BF3O3S/c1-14(2)15(3,4)23-17(22-14)12(10-21)8-11-6-5-7-13(9-11)24-16(18,19)20/h5-9,21H,10H2,1-4H3. The SMILES string of the molecule is CC1(C)OB(C(=Cc2cccc(SC(F)(F)F)c2)CO)OC1(C)C. The second-order valence-electron chi connectivity index (χ2n) is 6.59.